The van der Waals surface area contributed by atoms with E-state index in [1.165, 1.54) is 13.0 Å². The number of Topliss-reactive ketones (excluding diaryl/α,β-unsaturated/α-hetero) is 1. The zero-order valence-electron chi connectivity index (χ0n) is 16.7. The molecule has 0 saturated heterocycles. The summed E-state index contributed by atoms with van der Waals surface area (Å²) in [6, 6.07) is 12.4. The molecular weight excluding hydrogens is 354 g/mol. The van der Waals surface area contributed by atoms with Crippen molar-refractivity contribution in [1.82, 2.24) is 0 Å². The first-order valence-electron chi connectivity index (χ1n) is 9.53. The van der Waals surface area contributed by atoms with Crippen LogP contribution in [0.3, 0.4) is 0 Å². The van der Waals surface area contributed by atoms with Crippen LogP contribution in [0.5, 0.6) is 11.5 Å². The van der Waals surface area contributed by atoms with Crippen LogP contribution in [0.2, 0.25) is 0 Å². The minimum atomic E-state index is -0.253. The number of amides is 1. The second-order valence-corrected chi connectivity index (χ2v) is 6.30. The number of carbonyl (C=O) groups excluding carboxylic acids is 2. The molecule has 2 aromatic carbocycles. The SMILES string of the molecule is CCCCOc1ccc(/C=C/C(=O)Nc2ccc(C(C)=O)cc2)cc1OCC. The van der Waals surface area contributed by atoms with E-state index in [4.69, 9.17) is 9.47 Å². The average molecular weight is 381 g/mol. The van der Waals surface area contributed by atoms with Gasteiger partial charge in [0.05, 0.1) is 13.2 Å². The summed E-state index contributed by atoms with van der Waals surface area (Å²) < 4.78 is 11.4. The van der Waals surface area contributed by atoms with Crippen molar-refractivity contribution in [2.45, 2.75) is 33.6 Å². The number of ether oxygens (including phenoxy) is 2. The van der Waals surface area contributed by atoms with Crippen LogP contribution in [-0.2, 0) is 4.79 Å². The van der Waals surface area contributed by atoms with E-state index < -0.39 is 0 Å². The molecule has 0 atom stereocenters. The van der Waals surface area contributed by atoms with E-state index in [9.17, 15) is 9.59 Å². The van der Waals surface area contributed by atoms with Crippen molar-refractivity contribution in [2.75, 3.05) is 18.5 Å². The normalized spacial score (nSPS) is 10.7. The van der Waals surface area contributed by atoms with Crippen LogP contribution in [-0.4, -0.2) is 24.9 Å². The van der Waals surface area contributed by atoms with Crippen LogP contribution in [0.25, 0.3) is 6.08 Å². The Kier molecular flexibility index (Phi) is 8.28. The number of unbranched alkanes of at least 4 members (excludes halogenated alkanes) is 1. The lowest BCUT2D eigenvalue weighted by Gasteiger charge is -2.12. The number of nitrogens with one attached hydrogen (secondary N) is 1. The Balaban J connectivity index is 2.02. The Morgan fingerprint density at radius 3 is 2.39 bits per heavy atom. The van der Waals surface area contributed by atoms with Gasteiger partial charge in [-0.05, 0) is 68.3 Å². The van der Waals surface area contributed by atoms with Crippen LogP contribution in [0.4, 0.5) is 5.69 Å². The van der Waals surface area contributed by atoms with E-state index in [1.54, 1.807) is 30.3 Å². The van der Waals surface area contributed by atoms with Gasteiger partial charge in [-0.15, -0.1) is 0 Å². The molecule has 1 amide bonds. The maximum absolute atomic E-state index is 12.1. The third-order valence-electron chi connectivity index (χ3n) is 4.01. The fourth-order valence-electron chi connectivity index (χ4n) is 2.49. The fourth-order valence-corrected chi connectivity index (χ4v) is 2.49. The standard InChI is InChI=1S/C23H27NO4/c1-4-6-15-28-21-13-7-18(16-22(21)27-5-2)8-14-23(26)24-20-11-9-19(10-12-20)17(3)25/h7-14,16H,4-6,15H2,1-3H3,(H,24,26)/b14-8+. The molecule has 0 aliphatic carbocycles. The number of carbonyl (C=O) groups is 2. The van der Waals surface area contributed by atoms with Crippen molar-refractivity contribution in [3.05, 3.63) is 59.7 Å². The summed E-state index contributed by atoms with van der Waals surface area (Å²) in [7, 11) is 0. The Labute approximate surface area is 166 Å². The highest BCUT2D eigenvalue weighted by molar-refractivity contribution is 6.02. The number of benzene rings is 2. The Hall–Kier alpha value is -3.08. The molecule has 0 aliphatic rings. The van der Waals surface area contributed by atoms with E-state index >= 15 is 0 Å². The number of ketones is 1. The molecule has 0 spiro atoms. The fraction of sp³-hybridized carbons (Fsp3) is 0.304. The van der Waals surface area contributed by atoms with Crippen molar-refractivity contribution >= 4 is 23.5 Å². The molecule has 0 radical (unpaired) electrons. The first kappa shape index (κ1) is 21.2. The Morgan fingerprint density at radius 1 is 1.00 bits per heavy atom. The van der Waals surface area contributed by atoms with Gasteiger partial charge in [-0.1, -0.05) is 19.4 Å². The van der Waals surface area contributed by atoms with Gasteiger partial charge in [-0.3, -0.25) is 9.59 Å². The van der Waals surface area contributed by atoms with E-state index in [1.807, 2.05) is 25.1 Å². The third kappa shape index (κ3) is 6.58. The molecule has 0 bridgehead atoms. The minimum Gasteiger partial charge on any atom is -0.490 e. The summed E-state index contributed by atoms with van der Waals surface area (Å²) >= 11 is 0. The quantitative estimate of drug-likeness (QED) is 0.352. The van der Waals surface area contributed by atoms with Crippen LogP contribution in [0.1, 0.15) is 49.5 Å². The molecule has 0 heterocycles. The minimum absolute atomic E-state index is 0.00926. The second-order valence-electron chi connectivity index (χ2n) is 6.30. The lowest BCUT2D eigenvalue weighted by Crippen LogP contribution is -2.07. The zero-order chi connectivity index (χ0) is 20.4. The molecular formula is C23H27NO4. The number of hydrogen-bond acceptors (Lipinski definition) is 4. The molecule has 0 unspecified atom stereocenters. The monoisotopic (exact) mass is 381 g/mol. The van der Waals surface area contributed by atoms with E-state index in [0.717, 1.165) is 18.4 Å². The van der Waals surface area contributed by atoms with Crippen LogP contribution >= 0.6 is 0 Å². The average Bonchev–Trinajstić information content (AvgIpc) is 2.68. The van der Waals surface area contributed by atoms with Gasteiger partial charge in [0.1, 0.15) is 0 Å². The van der Waals surface area contributed by atoms with Gasteiger partial charge >= 0.3 is 0 Å². The number of anilines is 1. The highest BCUT2D eigenvalue weighted by Gasteiger charge is 2.06. The van der Waals surface area contributed by atoms with Crippen molar-refractivity contribution in [2.24, 2.45) is 0 Å². The van der Waals surface area contributed by atoms with Gasteiger partial charge < -0.3 is 14.8 Å². The lowest BCUT2D eigenvalue weighted by molar-refractivity contribution is -0.111. The van der Waals surface area contributed by atoms with E-state index in [-0.39, 0.29) is 11.7 Å². The second kappa shape index (κ2) is 10.9. The summed E-state index contributed by atoms with van der Waals surface area (Å²) in [5, 5.41) is 2.77. The predicted molar refractivity (Wildman–Crippen MR) is 112 cm³/mol. The molecule has 0 aromatic heterocycles. The summed E-state index contributed by atoms with van der Waals surface area (Å²) in [6.07, 6.45) is 5.23. The number of rotatable bonds is 10. The van der Waals surface area contributed by atoms with Gasteiger partial charge in [0.15, 0.2) is 17.3 Å². The van der Waals surface area contributed by atoms with Gasteiger partial charge in [0.25, 0.3) is 0 Å². The predicted octanol–water partition coefficient (Wildman–Crippen LogP) is 5.12. The topological polar surface area (TPSA) is 64.6 Å². The molecule has 148 valence electrons. The first-order chi connectivity index (χ1) is 13.5. The molecule has 2 rings (SSSR count). The zero-order valence-corrected chi connectivity index (χ0v) is 16.7. The highest BCUT2D eigenvalue weighted by Crippen LogP contribution is 2.29. The molecule has 5 heteroatoms. The largest absolute Gasteiger partial charge is 0.490 e. The van der Waals surface area contributed by atoms with Crippen molar-refractivity contribution in [3.8, 4) is 11.5 Å². The first-order valence-corrected chi connectivity index (χ1v) is 9.53. The van der Waals surface area contributed by atoms with Gasteiger partial charge in [-0.25, -0.2) is 0 Å². The highest BCUT2D eigenvalue weighted by atomic mass is 16.5. The van der Waals surface area contributed by atoms with E-state index in [0.29, 0.717) is 36.0 Å². The molecule has 28 heavy (non-hydrogen) atoms. The molecule has 0 saturated carbocycles. The summed E-state index contributed by atoms with van der Waals surface area (Å²) in [5.74, 6) is 1.12. The third-order valence-corrected chi connectivity index (χ3v) is 4.01. The number of hydrogen-bond donors (Lipinski definition) is 1. The van der Waals surface area contributed by atoms with Crippen LogP contribution < -0.4 is 14.8 Å². The molecule has 0 aliphatic heterocycles. The molecule has 2 aromatic rings. The van der Waals surface area contributed by atoms with Crippen molar-refractivity contribution < 1.29 is 19.1 Å². The van der Waals surface area contributed by atoms with Crippen LogP contribution in [0, 0.1) is 0 Å². The maximum Gasteiger partial charge on any atom is 0.248 e. The molecule has 1 N–H and O–H groups in total. The van der Waals surface area contributed by atoms with Gasteiger partial charge in [0, 0.05) is 17.3 Å². The lowest BCUT2D eigenvalue weighted by atomic mass is 10.1. The Morgan fingerprint density at radius 2 is 1.75 bits per heavy atom. The van der Waals surface area contributed by atoms with Gasteiger partial charge in [-0.2, -0.15) is 0 Å². The smallest absolute Gasteiger partial charge is 0.248 e. The summed E-state index contributed by atoms with van der Waals surface area (Å²) in [6.45, 7) is 6.73. The molecule has 0 fully saturated rings. The van der Waals surface area contributed by atoms with Crippen molar-refractivity contribution in [3.63, 3.8) is 0 Å². The summed E-state index contributed by atoms with van der Waals surface area (Å²) in [5.41, 5.74) is 2.08. The Bertz CT molecular complexity index is 825. The molecule has 5 nitrogen and oxygen atoms in total. The summed E-state index contributed by atoms with van der Waals surface area (Å²) in [4.78, 5) is 23.4. The van der Waals surface area contributed by atoms with Crippen molar-refractivity contribution in [1.29, 1.82) is 0 Å². The maximum atomic E-state index is 12.1. The van der Waals surface area contributed by atoms with Crippen LogP contribution in [0.15, 0.2) is 48.5 Å². The van der Waals surface area contributed by atoms with Gasteiger partial charge in [0.2, 0.25) is 5.91 Å². The van der Waals surface area contributed by atoms with E-state index in [2.05, 4.69) is 12.2 Å².